The van der Waals surface area contributed by atoms with Gasteiger partial charge in [-0.1, -0.05) is 0 Å². The number of benzene rings is 1. The fourth-order valence-corrected chi connectivity index (χ4v) is 5.62. The summed E-state index contributed by atoms with van der Waals surface area (Å²) in [5.41, 5.74) is 3.91. The van der Waals surface area contributed by atoms with Crippen molar-refractivity contribution in [2.45, 2.75) is 36.8 Å². The van der Waals surface area contributed by atoms with Crippen molar-refractivity contribution >= 4 is 52.1 Å². The minimum absolute atomic E-state index is 0.0528. The average Bonchev–Trinajstić information content (AvgIpc) is 3.34. The molecule has 2 amide bonds. The molecule has 12 heteroatoms. The van der Waals surface area contributed by atoms with E-state index in [-0.39, 0.29) is 24.4 Å². The van der Waals surface area contributed by atoms with E-state index in [9.17, 15) is 14.4 Å². The number of pyridine rings is 2. The lowest BCUT2D eigenvalue weighted by molar-refractivity contribution is -0.141. The van der Waals surface area contributed by atoms with Gasteiger partial charge in [0.1, 0.15) is 6.10 Å². The summed E-state index contributed by atoms with van der Waals surface area (Å²) in [5.74, 6) is 0.571. The topological polar surface area (TPSA) is 123 Å². The summed E-state index contributed by atoms with van der Waals surface area (Å²) in [6, 6.07) is 11.2. The van der Waals surface area contributed by atoms with Crippen molar-refractivity contribution in [1.82, 2.24) is 14.9 Å². The van der Waals surface area contributed by atoms with E-state index in [1.807, 2.05) is 30.3 Å². The maximum absolute atomic E-state index is 12.7. The van der Waals surface area contributed by atoms with Crippen molar-refractivity contribution in [3.63, 3.8) is 0 Å². The highest BCUT2D eigenvalue weighted by Gasteiger charge is 2.33. The van der Waals surface area contributed by atoms with Crippen molar-refractivity contribution in [2.75, 3.05) is 49.8 Å². The van der Waals surface area contributed by atoms with E-state index < -0.39 is 6.09 Å². The van der Waals surface area contributed by atoms with Crippen molar-refractivity contribution in [1.29, 1.82) is 0 Å². The predicted octanol–water partition coefficient (Wildman–Crippen LogP) is 3.85. The number of cyclic esters (lactones) is 1. The number of aromatic nitrogens is 2. The molecule has 0 aliphatic carbocycles. The largest absolute Gasteiger partial charge is 0.481 e. The number of carbonyl (C=O) groups excluding carboxylic acids is 3. The molecule has 0 saturated carbocycles. The van der Waals surface area contributed by atoms with Crippen LogP contribution in [0.5, 0.6) is 5.88 Å². The van der Waals surface area contributed by atoms with Gasteiger partial charge in [-0.2, -0.15) is 0 Å². The Hall–Kier alpha value is -3.90. The molecule has 1 aromatic carbocycles. The van der Waals surface area contributed by atoms with E-state index in [0.29, 0.717) is 55.6 Å². The molecule has 0 bridgehead atoms. The Kier molecular flexibility index (Phi) is 8.66. The lowest BCUT2D eigenvalue weighted by Gasteiger charge is -2.23. The molecule has 3 aromatic rings. The van der Waals surface area contributed by atoms with Gasteiger partial charge in [-0.25, -0.2) is 9.78 Å². The number of ether oxygens (including phenoxy) is 3. The molecule has 5 rings (SSSR count). The fraction of sp³-hybridized carbons (Fsp3) is 0.393. The van der Waals surface area contributed by atoms with E-state index in [1.54, 1.807) is 24.3 Å². The third-order valence-electron chi connectivity index (χ3n) is 6.89. The normalized spacial score (nSPS) is 16.6. The Morgan fingerprint density at radius 1 is 1.20 bits per heavy atom. The number of amides is 2. The van der Waals surface area contributed by atoms with E-state index >= 15 is 0 Å². The lowest BCUT2D eigenvalue weighted by Crippen LogP contribution is -2.29. The standard InChI is InChI=1S/C28H31N5O6S/c1-37-25-8-6-21-27(31-25)18(9-11-29-21)15-32(13-10-26(35)38-2)12-3-4-20-16-33(28(36)39-20)19-5-7-23-22(14-19)30-24(34)17-40-23/h5-9,11,14,20H,3-4,10,12-13,15-17H2,1-2H3,(H,30,34). The Morgan fingerprint density at radius 2 is 2.08 bits per heavy atom. The van der Waals surface area contributed by atoms with Gasteiger partial charge in [0.05, 0.1) is 49.7 Å². The van der Waals surface area contributed by atoms with Crippen molar-refractivity contribution < 1.29 is 28.6 Å². The molecule has 2 aromatic heterocycles. The molecular weight excluding hydrogens is 534 g/mol. The Labute approximate surface area is 236 Å². The molecule has 40 heavy (non-hydrogen) atoms. The first kappa shape index (κ1) is 27.7. The summed E-state index contributed by atoms with van der Waals surface area (Å²) in [7, 11) is 2.96. The number of thioether (sulfide) groups is 1. The smallest absolute Gasteiger partial charge is 0.414 e. The minimum atomic E-state index is -0.398. The first-order chi connectivity index (χ1) is 19.4. The number of carbonyl (C=O) groups is 3. The average molecular weight is 566 g/mol. The number of rotatable bonds is 11. The second kappa shape index (κ2) is 12.5. The molecule has 2 aliphatic heterocycles. The molecule has 4 heterocycles. The molecule has 2 aliphatic rings. The van der Waals surface area contributed by atoms with E-state index in [2.05, 4.69) is 20.2 Å². The number of methoxy groups -OCH3 is 2. The molecule has 1 atom stereocenters. The highest BCUT2D eigenvalue weighted by atomic mass is 32.2. The predicted molar refractivity (Wildman–Crippen MR) is 151 cm³/mol. The van der Waals surface area contributed by atoms with Gasteiger partial charge < -0.3 is 19.5 Å². The molecule has 0 spiro atoms. The summed E-state index contributed by atoms with van der Waals surface area (Å²) < 4.78 is 15.8. The van der Waals surface area contributed by atoms with Gasteiger partial charge in [0.25, 0.3) is 0 Å². The van der Waals surface area contributed by atoms with Crippen molar-refractivity contribution in [3.05, 3.63) is 48.2 Å². The van der Waals surface area contributed by atoms with Crippen LogP contribution in [-0.4, -0.2) is 78.5 Å². The van der Waals surface area contributed by atoms with Crippen LogP contribution in [0, 0.1) is 0 Å². The monoisotopic (exact) mass is 565 g/mol. The second-order valence-corrected chi connectivity index (χ2v) is 10.6. The zero-order chi connectivity index (χ0) is 28.1. The number of fused-ring (bicyclic) bond motifs is 2. The van der Waals surface area contributed by atoms with E-state index in [4.69, 9.17) is 14.2 Å². The number of hydrogen-bond donors (Lipinski definition) is 1. The fourth-order valence-electron chi connectivity index (χ4n) is 4.83. The first-order valence-electron chi connectivity index (χ1n) is 13.1. The molecule has 210 valence electrons. The SMILES string of the molecule is COC(=O)CCN(CCCC1CN(c2ccc3c(c2)NC(=O)CS3)C(=O)O1)Cc1ccnc2ccc(OC)nc12. The highest BCUT2D eigenvalue weighted by Crippen LogP contribution is 2.35. The van der Waals surface area contributed by atoms with Gasteiger partial charge in [-0.15, -0.1) is 11.8 Å². The van der Waals surface area contributed by atoms with Gasteiger partial charge in [0, 0.05) is 35.9 Å². The summed E-state index contributed by atoms with van der Waals surface area (Å²) in [5, 5.41) is 2.87. The van der Waals surface area contributed by atoms with Crippen LogP contribution in [0.15, 0.2) is 47.5 Å². The Bertz CT molecular complexity index is 1420. The summed E-state index contributed by atoms with van der Waals surface area (Å²) in [6.07, 6.45) is 2.77. The number of esters is 1. The third-order valence-corrected chi connectivity index (χ3v) is 7.96. The molecule has 1 unspecified atom stereocenters. The third kappa shape index (κ3) is 6.45. The first-order valence-corrected chi connectivity index (χ1v) is 14.0. The van der Waals surface area contributed by atoms with Crippen LogP contribution in [0.2, 0.25) is 0 Å². The van der Waals surface area contributed by atoms with Crippen molar-refractivity contribution in [3.8, 4) is 5.88 Å². The minimum Gasteiger partial charge on any atom is -0.481 e. The zero-order valence-electron chi connectivity index (χ0n) is 22.4. The zero-order valence-corrected chi connectivity index (χ0v) is 23.2. The number of hydrogen-bond acceptors (Lipinski definition) is 10. The summed E-state index contributed by atoms with van der Waals surface area (Å²) >= 11 is 1.48. The van der Waals surface area contributed by atoms with Crippen LogP contribution in [0.25, 0.3) is 11.0 Å². The van der Waals surface area contributed by atoms with Gasteiger partial charge in [-0.3, -0.25) is 24.4 Å². The van der Waals surface area contributed by atoms with Crippen LogP contribution in [0.3, 0.4) is 0 Å². The van der Waals surface area contributed by atoms with Crippen LogP contribution in [-0.2, 0) is 25.6 Å². The second-order valence-electron chi connectivity index (χ2n) is 9.57. The van der Waals surface area contributed by atoms with E-state index in [1.165, 1.54) is 18.9 Å². The molecule has 1 N–H and O–H groups in total. The van der Waals surface area contributed by atoms with Gasteiger partial charge >= 0.3 is 12.1 Å². The van der Waals surface area contributed by atoms with E-state index in [0.717, 1.165) is 27.9 Å². The highest BCUT2D eigenvalue weighted by molar-refractivity contribution is 8.00. The van der Waals surface area contributed by atoms with Crippen LogP contribution in [0.1, 0.15) is 24.8 Å². The molecule has 11 nitrogen and oxygen atoms in total. The molecular formula is C28H31N5O6S. The van der Waals surface area contributed by atoms with Gasteiger partial charge in [-0.05, 0) is 55.3 Å². The molecule has 0 radical (unpaired) electrons. The number of nitrogens with zero attached hydrogens (tertiary/aromatic N) is 4. The van der Waals surface area contributed by atoms with Crippen LogP contribution < -0.4 is 15.0 Å². The summed E-state index contributed by atoms with van der Waals surface area (Å²) in [4.78, 5) is 50.1. The van der Waals surface area contributed by atoms with Gasteiger partial charge in [0.15, 0.2) is 0 Å². The quantitative estimate of drug-likeness (QED) is 0.343. The summed E-state index contributed by atoms with van der Waals surface area (Å²) in [6.45, 7) is 2.18. The lowest BCUT2D eigenvalue weighted by atomic mass is 10.1. The van der Waals surface area contributed by atoms with Crippen LogP contribution >= 0.6 is 11.8 Å². The molecule has 1 saturated heterocycles. The maximum atomic E-state index is 12.7. The Balaban J connectivity index is 1.22. The maximum Gasteiger partial charge on any atom is 0.414 e. The number of anilines is 2. The number of nitrogens with one attached hydrogen (secondary N) is 1. The Morgan fingerprint density at radius 3 is 2.90 bits per heavy atom. The van der Waals surface area contributed by atoms with Gasteiger partial charge in [0.2, 0.25) is 11.8 Å². The molecule has 1 fully saturated rings. The van der Waals surface area contributed by atoms with Crippen LogP contribution in [0.4, 0.5) is 16.2 Å². The van der Waals surface area contributed by atoms with Crippen molar-refractivity contribution in [2.24, 2.45) is 0 Å².